The van der Waals surface area contributed by atoms with Crippen molar-refractivity contribution in [3.63, 3.8) is 0 Å². The number of hydrogen-bond acceptors (Lipinski definition) is 3. The molecule has 1 aromatic rings. The van der Waals surface area contributed by atoms with E-state index in [0.717, 1.165) is 25.7 Å². The molecule has 0 spiro atoms. The number of benzene rings is 1. The fraction of sp³-hybridized carbons (Fsp3) is 0.556. The van der Waals surface area contributed by atoms with Gasteiger partial charge in [0, 0.05) is 24.3 Å². The molecule has 0 unspecified atom stereocenters. The van der Waals surface area contributed by atoms with Crippen molar-refractivity contribution < 1.29 is 14.3 Å². The van der Waals surface area contributed by atoms with Gasteiger partial charge in [-0.25, -0.2) is 4.79 Å². The Morgan fingerprint density at radius 3 is 2.71 bits per heavy atom. The highest BCUT2D eigenvalue weighted by molar-refractivity contribution is 5.94. The summed E-state index contributed by atoms with van der Waals surface area (Å²) in [6, 6.07) is 6.91. The highest BCUT2D eigenvalue weighted by Gasteiger charge is 2.35. The van der Waals surface area contributed by atoms with Crippen molar-refractivity contribution in [2.45, 2.75) is 50.6 Å². The third-order valence-corrected chi connectivity index (χ3v) is 4.84. The number of amides is 3. The fourth-order valence-corrected chi connectivity index (χ4v) is 3.55. The van der Waals surface area contributed by atoms with E-state index in [-0.39, 0.29) is 24.0 Å². The summed E-state index contributed by atoms with van der Waals surface area (Å²) in [5, 5.41) is 5.97. The van der Waals surface area contributed by atoms with Gasteiger partial charge in [0.15, 0.2) is 0 Å². The average Bonchev–Trinajstić information content (AvgIpc) is 3.26. The normalized spacial score (nSPS) is 20.9. The van der Waals surface area contributed by atoms with Gasteiger partial charge in [-0.2, -0.15) is 0 Å². The molecule has 3 rings (SSSR count). The van der Waals surface area contributed by atoms with E-state index < -0.39 is 0 Å². The van der Waals surface area contributed by atoms with E-state index in [1.807, 2.05) is 18.2 Å². The molecule has 0 aromatic heterocycles. The molecule has 1 aliphatic carbocycles. The summed E-state index contributed by atoms with van der Waals surface area (Å²) < 4.78 is 5.17. The Balaban J connectivity index is 1.61. The van der Waals surface area contributed by atoms with Crippen LogP contribution in [0.1, 0.15) is 38.5 Å². The van der Waals surface area contributed by atoms with Crippen molar-refractivity contribution in [3.8, 4) is 5.75 Å². The number of nitrogens with one attached hydrogen (secondary N) is 2. The van der Waals surface area contributed by atoms with Crippen molar-refractivity contribution in [1.82, 2.24) is 10.2 Å². The lowest BCUT2D eigenvalue weighted by molar-refractivity contribution is -0.125. The first kappa shape index (κ1) is 16.6. The Morgan fingerprint density at radius 2 is 1.96 bits per heavy atom. The van der Waals surface area contributed by atoms with Crippen LogP contribution in [0.15, 0.2) is 24.3 Å². The summed E-state index contributed by atoms with van der Waals surface area (Å²) in [5.74, 6) is 0.671. The van der Waals surface area contributed by atoms with E-state index in [9.17, 15) is 9.59 Å². The van der Waals surface area contributed by atoms with Gasteiger partial charge in [-0.05, 0) is 37.8 Å². The molecule has 1 saturated carbocycles. The molecule has 2 fully saturated rings. The summed E-state index contributed by atoms with van der Waals surface area (Å²) >= 11 is 0. The van der Waals surface area contributed by atoms with Crippen molar-refractivity contribution in [2.75, 3.05) is 19.0 Å². The number of anilines is 1. The maximum Gasteiger partial charge on any atom is 0.322 e. The highest BCUT2D eigenvalue weighted by Crippen LogP contribution is 2.23. The van der Waals surface area contributed by atoms with Gasteiger partial charge >= 0.3 is 6.03 Å². The summed E-state index contributed by atoms with van der Waals surface area (Å²) in [4.78, 5) is 26.7. The molecule has 0 bridgehead atoms. The largest absolute Gasteiger partial charge is 0.497 e. The molecule has 130 valence electrons. The Labute approximate surface area is 142 Å². The molecule has 1 atom stereocenters. The van der Waals surface area contributed by atoms with Crippen LogP contribution in [0.2, 0.25) is 0 Å². The maximum absolute atomic E-state index is 12.6. The smallest absolute Gasteiger partial charge is 0.322 e. The summed E-state index contributed by atoms with van der Waals surface area (Å²) in [6.07, 6.45) is 6.03. The SMILES string of the molecule is COc1cccc(NC(=O)N2CCC[C@@H]2C(=O)NC2CCCC2)c1. The van der Waals surface area contributed by atoms with Crippen molar-refractivity contribution in [1.29, 1.82) is 0 Å². The van der Waals surface area contributed by atoms with E-state index in [0.29, 0.717) is 18.0 Å². The third-order valence-electron chi connectivity index (χ3n) is 4.84. The molecular weight excluding hydrogens is 306 g/mol. The van der Waals surface area contributed by atoms with Crippen LogP contribution < -0.4 is 15.4 Å². The Hall–Kier alpha value is -2.24. The number of ether oxygens (including phenoxy) is 1. The minimum Gasteiger partial charge on any atom is -0.497 e. The Morgan fingerprint density at radius 1 is 1.17 bits per heavy atom. The molecule has 6 heteroatoms. The predicted molar refractivity (Wildman–Crippen MR) is 92.1 cm³/mol. The molecule has 1 aromatic carbocycles. The molecule has 2 N–H and O–H groups in total. The van der Waals surface area contributed by atoms with Gasteiger partial charge in [0.2, 0.25) is 5.91 Å². The third kappa shape index (κ3) is 3.80. The fourth-order valence-electron chi connectivity index (χ4n) is 3.55. The van der Waals surface area contributed by atoms with Crippen LogP contribution in [0.4, 0.5) is 10.5 Å². The number of likely N-dealkylation sites (tertiary alicyclic amines) is 1. The van der Waals surface area contributed by atoms with Crippen molar-refractivity contribution in [2.24, 2.45) is 0 Å². The minimum atomic E-state index is -0.365. The second kappa shape index (κ2) is 7.55. The Bertz CT molecular complexity index is 599. The molecule has 1 heterocycles. The van der Waals surface area contributed by atoms with Gasteiger partial charge in [0.05, 0.1) is 7.11 Å². The van der Waals surface area contributed by atoms with Crippen LogP contribution in [0.25, 0.3) is 0 Å². The molecule has 1 saturated heterocycles. The molecule has 0 radical (unpaired) electrons. The van der Waals surface area contributed by atoms with E-state index >= 15 is 0 Å². The maximum atomic E-state index is 12.6. The van der Waals surface area contributed by atoms with Crippen LogP contribution in [0.5, 0.6) is 5.75 Å². The van der Waals surface area contributed by atoms with Gasteiger partial charge in [-0.15, -0.1) is 0 Å². The van der Waals surface area contributed by atoms with E-state index in [1.54, 1.807) is 18.1 Å². The van der Waals surface area contributed by atoms with Gasteiger partial charge < -0.3 is 20.3 Å². The zero-order valence-corrected chi connectivity index (χ0v) is 14.1. The summed E-state index contributed by atoms with van der Waals surface area (Å²) in [7, 11) is 1.59. The lowest BCUT2D eigenvalue weighted by Crippen LogP contribution is -2.49. The molecule has 6 nitrogen and oxygen atoms in total. The van der Waals surface area contributed by atoms with Gasteiger partial charge in [0.1, 0.15) is 11.8 Å². The summed E-state index contributed by atoms with van der Waals surface area (Å²) in [6.45, 7) is 0.610. The molecular formula is C18H25N3O3. The minimum absolute atomic E-state index is 0.0137. The number of nitrogens with zero attached hydrogens (tertiary/aromatic N) is 1. The number of carbonyl (C=O) groups excluding carboxylic acids is 2. The second-order valence-electron chi connectivity index (χ2n) is 6.50. The predicted octanol–water partition coefficient (Wildman–Crippen LogP) is 2.75. The number of rotatable bonds is 4. The van der Waals surface area contributed by atoms with E-state index in [4.69, 9.17) is 4.74 Å². The average molecular weight is 331 g/mol. The topological polar surface area (TPSA) is 70.7 Å². The van der Waals surface area contributed by atoms with Crippen molar-refractivity contribution >= 4 is 17.6 Å². The van der Waals surface area contributed by atoms with Crippen LogP contribution in [0.3, 0.4) is 0 Å². The van der Waals surface area contributed by atoms with Gasteiger partial charge in [-0.3, -0.25) is 4.79 Å². The first-order chi connectivity index (χ1) is 11.7. The monoisotopic (exact) mass is 331 g/mol. The molecule has 24 heavy (non-hydrogen) atoms. The molecule has 1 aliphatic heterocycles. The quantitative estimate of drug-likeness (QED) is 0.891. The van der Waals surface area contributed by atoms with Crippen LogP contribution in [0, 0.1) is 0 Å². The lowest BCUT2D eigenvalue weighted by atomic mass is 10.1. The Kier molecular flexibility index (Phi) is 5.23. The number of hydrogen-bond donors (Lipinski definition) is 2. The first-order valence-electron chi connectivity index (χ1n) is 8.69. The van der Waals surface area contributed by atoms with Gasteiger partial charge in [0.25, 0.3) is 0 Å². The second-order valence-corrected chi connectivity index (χ2v) is 6.50. The zero-order chi connectivity index (χ0) is 16.9. The molecule has 3 amide bonds. The van der Waals surface area contributed by atoms with Gasteiger partial charge in [-0.1, -0.05) is 18.9 Å². The molecule has 2 aliphatic rings. The van der Waals surface area contributed by atoms with Crippen LogP contribution in [-0.4, -0.2) is 42.6 Å². The summed E-state index contributed by atoms with van der Waals surface area (Å²) in [5.41, 5.74) is 0.668. The van der Waals surface area contributed by atoms with Crippen LogP contribution >= 0.6 is 0 Å². The number of carbonyl (C=O) groups is 2. The van der Waals surface area contributed by atoms with E-state index in [1.165, 1.54) is 12.8 Å². The first-order valence-corrected chi connectivity index (χ1v) is 8.69. The number of urea groups is 1. The van der Waals surface area contributed by atoms with Crippen molar-refractivity contribution in [3.05, 3.63) is 24.3 Å². The standard InChI is InChI=1S/C18H25N3O3/c1-24-15-9-4-8-14(12-15)20-18(23)21-11-5-10-16(21)17(22)19-13-6-2-3-7-13/h4,8-9,12-13,16H,2-3,5-7,10-11H2,1H3,(H,19,22)(H,20,23)/t16-/m1/s1. The van der Waals surface area contributed by atoms with Crippen LogP contribution in [-0.2, 0) is 4.79 Å². The zero-order valence-electron chi connectivity index (χ0n) is 14.1. The lowest BCUT2D eigenvalue weighted by Gasteiger charge is -2.25. The van der Waals surface area contributed by atoms with E-state index in [2.05, 4.69) is 10.6 Å². The highest BCUT2D eigenvalue weighted by atomic mass is 16.5. The number of methoxy groups -OCH3 is 1.